The van der Waals surface area contributed by atoms with Gasteiger partial charge in [0.1, 0.15) is 0 Å². The van der Waals surface area contributed by atoms with E-state index in [9.17, 15) is 4.79 Å². The van der Waals surface area contributed by atoms with Crippen LogP contribution in [0.15, 0.2) is 0 Å². The minimum atomic E-state index is -0.435. The summed E-state index contributed by atoms with van der Waals surface area (Å²) in [5.41, 5.74) is 1.16. The third-order valence-electron chi connectivity index (χ3n) is 0.610. The molecular formula is C3H6NOS3+. The van der Waals surface area contributed by atoms with Gasteiger partial charge in [-0.25, -0.2) is 4.79 Å². The van der Waals surface area contributed by atoms with E-state index in [1.165, 1.54) is 6.92 Å². The van der Waals surface area contributed by atoms with Crippen LogP contribution < -0.4 is 0 Å². The van der Waals surface area contributed by atoms with Crippen molar-refractivity contribution >= 4 is 49.2 Å². The van der Waals surface area contributed by atoms with Crippen LogP contribution in [0.5, 0.6) is 0 Å². The molecule has 0 aromatic rings. The van der Waals surface area contributed by atoms with Gasteiger partial charge >= 0.3 is 5.91 Å². The van der Waals surface area contributed by atoms with Gasteiger partial charge in [-0.05, 0) is 12.2 Å². The lowest BCUT2D eigenvalue weighted by Gasteiger charge is -2.10. The largest absolute Gasteiger partial charge is 0.338 e. The van der Waals surface area contributed by atoms with Crippen molar-refractivity contribution in [2.24, 2.45) is 0 Å². The number of hydrogen-bond donors (Lipinski definition) is 2. The first-order valence-corrected chi connectivity index (χ1v) is 3.09. The lowest BCUT2D eigenvalue weighted by Crippen LogP contribution is -2.29. The molecule has 0 bridgehead atoms. The number of nitrogens with zero attached hydrogens (tertiary/aromatic N) is 1. The van der Waals surface area contributed by atoms with E-state index >= 15 is 0 Å². The highest BCUT2D eigenvalue weighted by Gasteiger charge is 2.22. The quantitative estimate of drug-likeness (QED) is 0.345. The molecule has 8 heavy (non-hydrogen) atoms. The second-order valence-electron chi connectivity index (χ2n) is 1.27. The van der Waals surface area contributed by atoms with Crippen molar-refractivity contribution in [3.63, 3.8) is 0 Å². The first kappa shape index (κ1) is 8.42. The molecule has 0 aliphatic heterocycles. The third-order valence-corrected chi connectivity index (χ3v) is 2.03. The maximum Gasteiger partial charge on any atom is 0.338 e. The fourth-order valence-corrected chi connectivity index (χ4v) is 0.223. The molecule has 0 heterocycles. The van der Waals surface area contributed by atoms with Crippen molar-refractivity contribution in [3.05, 3.63) is 0 Å². The summed E-state index contributed by atoms with van der Waals surface area (Å²) in [6.07, 6.45) is 0. The summed E-state index contributed by atoms with van der Waals surface area (Å²) < 4.78 is -0.435. The van der Waals surface area contributed by atoms with Crippen LogP contribution in [-0.4, -0.2) is 14.7 Å². The van der Waals surface area contributed by atoms with Crippen molar-refractivity contribution in [2.45, 2.75) is 6.92 Å². The lowest BCUT2D eigenvalue weighted by atomic mass is 10.7. The average molecular weight is 168 g/mol. The Morgan fingerprint density at radius 1 is 1.75 bits per heavy atom. The Bertz CT molecular complexity index is 122. The number of thiol groups is 2. The smallest absolute Gasteiger partial charge is 0.228 e. The molecule has 0 N–H and O–H groups in total. The third kappa shape index (κ3) is 2.13. The molecule has 0 aromatic heterocycles. The first-order chi connectivity index (χ1) is 3.50. The van der Waals surface area contributed by atoms with E-state index in [0.717, 1.165) is 5.49 Å². The molecule has 2 nitrogen and oxygen atoms in total. The highest BCUT2D eigenvalue weighted by molar-refractivity contribution is 7.90. The van der Waals surface area contributed by atoms with Crippen LogP contribution in [0, 0.1) is 0 Å². The van der Waals surface area contributed by atoms with Crippen molar-refractivity contribution in [1.29, 1.82) is 0 Å². The van der Waals surface area contributed by atoms with Crippen LogP contribution in [0.3, 0.4) is 0 Å². The minimum absolute atomic E-state index is 0.216. The number of carbonyl (C=O) groups excluding carboxylic acids is 1. The fraction of sp³-hybridized carbons (Fsp3) is 0.333. The zero-order valence-corrected chi connectivity index (χ0v) is 6.84. The zero-order valence-electron chi connectivity index (χ0n) is 4.24. The topological polar surface area (TPSA) is 17.1 Å². The predicted molar refractivity (Wildman–Crippen MR) is 42.6 cm³/mol. The van der Waals surface area contributed by atoms with Crippen LogP contribution >= 0.6 is 37.8 Å². The van der Waals surface area contributed by atoms with Crippen molar-refractivity contribution in [1.82, 2.24) is 0 Å². The Kier molecular flexibility index (Phi) is 2.96. The molecule has 0 saturated carbocycles. The molecule has 0 fully saturated rings. The first-order valence-electron chi connectivity index (χ1n) is 1.82. The highest BCUT2D eigenvalue weighted by atomic mass is 32.2. The van der Waals surface area contributed by atoms with Gasteiger partial charge in [-0.3, -0.25) is 0 Å². The Balaban J connectivity index is 4.12. The summed E-state index contributed by atoms with van der Waals surface area (Å²) in [6.45, 7) is 1.36. The van der Waals surface area contributed by atoms with Gasteiger partial charge in [-0.1, -0.05) is 0 Å². The number of quaternary nitrogens is 1. The number of hydrogen-bond acceptors (Lipinski definition) is 4. The monoisotopic (exact) mass is 168 g/mol. The summed E-state index contributed by atoms with van der Waals surface area (Å²) >= 11 is 12.0. The molecule has 0 saturated heterocycles. The Morgan fingerprint density at radius 2 is 2.12 bits per heavy atom. The van der Waals surface area contributed by atoms with E-state index in [0.29, 0.717) is 0 Å². The number of thiocarbonyl (C=S) groups is 1. The lowest BCUT2D eigenvalue weighted by molar-refractivity contribution is -0.429. The SMILES string of the molecule is CC(=O)[N+](S)(S)C=S. The van der Waals surface area contributed by atoms with E-state index < -0.39 is 3.29 Å². The maximum atomic E-state index is 10.4. The van der Waals surface area contributed by atoms with Gasteiger partial charge in [0, 0.05) is 0 Å². The Labute approximate surface area is 64.5 Å². The molecule has 0 rings (SSSR count). The number of rotatable bonds is 1. The van der Waals surface area contributed by atoms with Crippen molar-refractivity contribution < 1.29 is 8.09 Å². The summed E-state index contributed by atoms with van der Waals surface area (Å²) in [6, 6.07) is 0. The van der Waals surface area contributed by atoms with Crippen molar-refractivity contribution in [3.8, 4) is 0 Å². The Hall–Kier alpha value is 0.420. The molecule has 0 aromatic carbocycles. The Morgan fingerprint density at radius 3 is 2.12 bits per heavy atom. The molecule has 0 atom stereocenters. The molecule has 0 aliphatic carbocycles. The fourth-order valence-electron chi connectivity index (χ4n) is 0.0742. The van der Waals surface area contributed by atoms with Gasteiger partial charge in [0.2, 0.25) is 0 Å². The standard InChI is InChI=1S/C3H6NOS3/c1-3(5)4(7,8)2-6/h2,7-8H,1H3/q+1. The predicted octanol–water partition coefficient (Wildman–Crippen LogP) is 0.996. The minimum Gasteiger partial charge on any atom is -0.228 e. The van der Waals surface area contributed by atoms with E-state index in [1.54, 1.807) is 0 Å². The zero-order chi connectivity index (χ0) is 6.78. The van der Waals surface area contributed by atoms with Crippen LogP contribution in [0.2, 0.25) is 0 Å². The van der Waals surface area contributed by atoms with Crippen LogP contribution in [0.4, 0.5) is 0 Å². The average Bonchev–Trinajstić information content (AvgIpc) is 1.67. The van der Waals surface area contributed by atoms with Gasteiger partial charge in [0.05, 0.1) is 32.6 Å². The summed E-state index contributed by atoms with van der Waals surface area (Å²) in [7, 11) is 0. The highest BCUT2D eigenvalue weighted by Crippen LogP contribution is 2.12. The van der Waals surface area contributed by atoms with E-state index in [1.807, 2.05) is 0 Å². The number of amides is 1. The van der Waals surface area contributed by atoms with E-state index in [4.69, 9.17) is 0 Å². The molecule has 1 amide bonds. The van der Waals surface area contributed by atoms with Crippen LogP contribution in [0.25, 0.3) is 0 Å². The van der Waals surface area contributed by atoms with Gasteiger partial charge in [0.25, 0.3) is 0 Å². The van der Waals surface area contributed by atoms with Gasteiger partial charge < -0.3 is 0 Å². The molecule has 5 heteroatoms. The molecule has 0 spiro atoms. The van der Waals surface area contributed by atoms with Gasteiger partial charge in [-0.15, -0.1) is 3.29 Å². The summed E-state index contributed by atoms with van der Waals surface area (Å²) in [5, 5.41) is 0. The van der Waals surface area contributed by atoms with Crippen LogP contribution in [0.1, 0.15) is 6.92 Å². The van der Waals surface area contributed by atoms with Crippen molar-refractivity contribution in [2.75, 3.05) is 0 Å². The normalized spacial score (nSPS) is 10.9. The maximum absolute atomic E-state index is 10.4. The van der Waals surface area contributed by atoms with E-state index in [-0.39, 0.29) is 5.91 Å². The molecule has 0 unspecified atom stereocenters. The van der Waals surface area contributed by atoms with Gasteiger partial charge in [-0.2, -0.15) is 0 Å². The summed E-state index contributed by atoms with van der Waals surface area (Å²) in [4.78, 5) is 10.4. The number of carbonyl (C=O) groups is 1. The molecule has 0 radical (unpaired) electrons. The second kappa shape index (κ2) is 2.82. The summed E-state index contributed by atoms with van der Waals surface area (Å²) in [5.74, 6) is -0.216. The second-order valence-corrected chi connectivity index (χ2v) is 3.06. The molecule has 0 aliphatic rings. The molecular weight excluding hydrogens is 162 g/mol. The van der Waals surface area contributed by atoms with Gasteiger partial charge in [0.15, 0.2) is 5.49 Å². The van der Waals surface area contributed by atoms with Crippen LogP contribution in [-0.2, 0) is 4.79 Å². The van der Waals surface area contributed by atoms with E-state index in [2.05, 4.69) is 37.8 Å². The molecule has 46 valence electrons.